The van der Waals surface area contributed by atoms with Crippen LogP contribution in [0, 0.1) is 6.92 Å². The Kier molecular flexibility index (Phi) is 2.29. The van der Waals surface area contributed by atoms with Gasteiger partial charge in [0.25, 0.3) is 0 Å². The van der Waals surface area contributed by atoms with Gasteiger partial charge in [0.15, 0.2) is 5.65 Å². The summed E-state index contributed by atoms with van der Waals surface area (Å²) < 4.78 is 1.77. The molecule has 0 amide bonds. The largest absolute Gasteiger partial charge is 0.230 e. The van der Waals surface area contributed by atoms with Crippen molar-refractivity contribution in [3.63, 3.8) is 0 Å². The molecule has 0 saturated heterocycles. The Labute approximate surface area is 98.1 Å². The van der Waals surface area contributed by atoms with Gasteiger partial charge in [-0.1, -0.05) is 35.5 Å². The molecular weight excluding hydrogens is 214 g/mol. The van der Waals surface area contributed by atoms with Crippen molar-refractivity contribution in [1.82, 2.24) is 25.0 Å². The van der Waals surface area contributed by atoms with Gasteiger partial charge in [-0.15, -0.1) is 5.10 Å². The van der Waals surface area contributed by atoms with E-state index < -0.39 is 0 Å². The Hall–Kier alpha value is -2.30. The van der Waals surface area contributed by atoms with Crippen LogP contribution in [0.15, 0.2) is 36.5 Å². The lowest BCUT2D eigenvalue weighted by Crippen LogP contribution is -2.03. The first kappa shape index (κ1) is 9.89. The van der Waals surface area contributed by atoms with Gasteiger partial charge in [-0.2, -0.15) is 0 Å². The van der Waals surface area contributed by atoms with Crippen molar-refractivity contribution in [2.75, 3.05) is 0 Å². The molecule has 0 aliphatic heterocycles. The third kappa shape index (κ3) is 1.87. The zero-order valence-corrected chi connectivity index (χ0v) is 9.41. The molecule has 3 rings (SSSR count). The van der Waals surface area contributed by atoms with Gasteiger partial charge in [0.1, 0.15) is 0 Å². The minimum atomic E-state index is 0.589. The molecule has 0 N–H and O–H groups in total. The average Bonchev–Trinajstić information content (AvgIpc) is 2.73. The summed E-state index contributed by atoms with van der Waals surface area (Å²) in [5.74, 6) is 0. The first-order chi connectivity index (χ1) is 8.33. The molecule has 2 heterocycles. The van der Waals surface area contributed by atoms with E-state index in [1.807, 2.05) is 25.1 Å². The highest BCUT2D eigenvalue weighted by molar-refractivity contribution is 5.63. The number of hydrogen-bond acceptors (Lipinski definition) is 4. The molecule has 0 unspecified atom stereocenters. The third-order valence-corrected chi connectivity index (χ3v) is 2.52. The lowest BCUT2D eigenvalue weighted by Gasteiger charge is -2.01. The van der Waals surface area contributed by atoms with Crippen molar-refractivity contribution in [2.24, 2.45) is 0 Å². The molecule has 0 atom stereocenters. The minimum Gasteiger partial charge on any atom is -0.230 e. The maximum Gasteiger partial charge on any atom is 0.221 e. The second kappa shape index (κ2) is 3.93. The molecule has 0 radical (unpaired) electrons. The van der Waals surface area contributed by atoms with E-state index in [9.17, 15) is 0 Å². The molecule has 0 spiro atoms. The number of nitrogens with zero attached hydrogens (tertiary/aromatic N) is 5. The molecule has 5 heteroatoms. The summed E-state index contributed by atoms with van der Waals surface area (Å²) >= 11 is 0. The SMILES string of the molecule is Cc1cnc2nnn(Cc3ccccc3)c2n1. The number of fused-ring (bicyclic) bond motifs is 1. The Morgan fingerprint density at radius 2 is 2.00 bits per heavy atom. The van der Waals surface area contributed by atoms with Crippen LogP contribution in [0.1, 0.15) is 11.3 Å². The molecule has 0 aliphatic rings. The van der Waals surface area contributed by atoms with E-state index in [-0.39, 0.29) is 0 Å². The fraction of sp³-hybridized carbons (Fsp3) is 0.167. The summed E-state index contributed by atoms with van der Waals surface area (Å²) in [6.07, 6.45) is 1.70. The second-order valence-corrected chi connectivity index (χ2v) is 3.89. The van der Waals surface area contributed by atoms with Crippen LogP contribution < -0.4 is 0 Å². The van der Waals surface area contributed by atoms with Crippen molar-refractivity contribution in [3.05, 3.63) is 47.8 Å². The zero-order valence-electron chi connectivity index (χ0n) is 9.41. The average molecular weight is 225 g/mol. The van der Waals surface area contributed by atoms with Gasteiger partial charge in [-0.3, -0.25) is 0 Å². The monoisotopic (exact) mass is 225 g/mol. The van der Waals surface area contributed by atoms with Gasteiger partial charge in [-0.25, -0.2) is 14.6 Å². The molecule has 0 bridgehead atoms. The Morgan fingerprint density at radius 3 is 2.82 bits per heavy atom. The molecular formula is C12H11N5. The summed E-state index contributed by atoms with van der Waals surface area (Å²) in [5, 5.41) is 8.07. The molecule has 2 aromatic heterocycles. The van der Waals surface area contributed by atoms with E-state index in [4.69, 9.17) is 0 Å². The Balaban J connectivity index is 2.03. The van der Waals surface area contributed by atoms with Crippen LogP contribution in [-0.2, 0) is 6.54 Å². The van der Waals surface area contributed by atoms with E-state index >= 15 is 0 Å². The van der Waals surface area contributed by atoms with Crippen LogP contribution in [-0.4, -0.2) is 25.0 Å². The van der Waals surface area contributed by atoms with Crippen LogP contribution in [0.4, 0.5) is 0 Å². The second-order valence-electron chi connectivity index (χ2n) is 3.89. The Morgan fingerprint density at radius 1 is 1.18 bits per heavy atom. The number of hydrogen-bond donors (Lipinski definition) is 0. The molecule has 3 aromatic rings. The number of aryl methyl sites for hydroxylation is 1. The van der Waals surface area contributed by atoms with E-state index in [0.29, 0.717) is 12.2 Å². The topological polar surface area (TPSA) is 56.5 Å². The number of rotatable bonds is 2. The van der Waals surface area contributed by atoms with Gasteiger partial charge in [-0.05, 0) is 12.5 Å². The van der Waals surface area contributed by atoms with Gasteiger partial charge >= 0.3 is 0 Å². The van der Waals surface area contributed by atoms with Crippen molar-refractivity contribution in [2.45, 2.75) is 13.5 Å². The van der Waals surface area contributed by atoms with Crippen molar-refractivity contribution in [3.8, 4) is 0 Å². The maximum absolute atomic E-state index is 4.41. The predicted molar refractivity (Wildman–Crippen MR) is 63.4 cm³/mol. The molecule has 84 valence electrons. The van der Waals surface area contributed by atoms with Crippen molar-refractivity contribution < 1.29 is 0 Å². The highest BCUT2D eigenvalue weighted by Gasteiger charge is 2.07. The van der Waals surface area contributed by atoms with E-state index in [1.54, 1.807) is 10.9 Å². The quantitative estimate of drug-likeness (QED) is 0.664. The Bertz CT molecular complexity index is 644. The molecule has 1 aromatic carbocycles. The number of aromatic nitrogens is 5. The first-order valence-electron chi connectivity index (χ1n) is 5.40. The molecule has 0 fully saturated rings. The lowest BCUT2D eigenvalue weighted by molar-refractivity contribution is 0.663. The normalized spacial score (nSPS) is 10.9. The minimum absolute atomic E-state index is 0.589. The van der Waals surface area contributed by atoms with E-state index in [0.717, 1.165) is 11.3 Å². The van der Waals surface area contributed by atoms with Gasteiger partial charge in [0.05, 0.1) is 18.4 Å². The fourth-order valence-electron chi connectivity index (χ4n) is 1.70. The fourth-order valence-corrected chi connectivity index (χ4v) is 1.70. The van der Waals surface area contributed by atoms with Crippen LogP contribution in [0.25, 0.3) is 11.3 Å². The summed E-state index contributed by atoms with van der Waals surface area (Å²) in [6, 6.07) is 10.1. The summed E-state index contributed by atoms with van der Waals surface area (Å²) in [7, 11) is 0. The first-order valence-corrected chi connectivity index (χ1v) is 5.40. The van der Waals surface area contributed by atoms with Crippen LogP contribution in [0.2, 0.25) is 0 Å². The number of benzene rings is 1. The highest BCUT2D eigenvalue weighted by Crippen LogP contribution is 2.08. The standard InChI is InChI=1S/C12H11N5/c1-9-7-13-11-12(14-9)17(16-15-11)8-10-5-3-2-4-6-10/h2-7H,8H2,1H3. The molecule has 5 nitrogen and oxygen atoms in total. The van der Waals surface area contributed by atoms with Crippen LogP contribution in [0.3, 0.4) is 0 Å². The van der Waals surface area contributed by atoms with Crippen molar-refractivity contribution in [1.29, 1.82) is 0 Å². The predicted octanol–water partition coefficient (Wildman–Crippen LogP) is 1.58. The lowest BCUT2D eigenvalue weighted by atomic mass is 10.2. The molecule has 0 saturated carbocycles. The van der Waals surface area contributed by atoms with Crippen LogP contribution >= 0.6 is 0 Å². The smallest absolute Gasteiger partial charge is 0.221 e. The van der Waals surface area contributed by atoms with Gasteiger partial charge < -0.3 is 0 Å². The van der Waals surface area contributed by atoms with Gasteiger partial charge in [0, 0.05) is 0 Å². The summed E-state index contributed by atoms with van der Waals surface area (Å²) in [5.41, 5.74) is 3.36. The summed E-state index contributed by atoms with van der Waals surface area (Å²) in [4.78, 5) is 8.59. The molecule has 17 heavy (non-hydrogen) atoms. The van der Waals surface area contributed by atoms with Crippen molar-refractivity contribution >= 4 is 11.3 Å². The van der Waals surface area contributed by atoms with E-state index in [2.05, 4.69) is 32.4 Å². The zero-order chi connectivity index (χ0) is 11.7. The van der Waals surface area contributed by atoms with Gasteiger partial charge in [0.2, 0.25) is 5.65 Å². The molecule has 0 aliphatic carbocycles. The van der Waals surface area contributed by atoms with E-state index in [1.165, 1.54) is 5.56 Å². The third-order valence-electron chi connectivity index (χ3n) is 2.52. The highest BCUT2D eigenvalue weighted by atomic mass is 15.4. The maximum atomic E-state index is 4.41. The van der Waals surface area contributed by atoms with Crippen LogP contribution in [0.5, 0.6) is 0 Å². The summed E-state index contributed by atoms with van der Waals surface area (Å²) in [6.45, 7) is 2.57.